The maximum absolute atomic E-state index is 10.9. The number of anilines is 1. The van der Waals surface area contributed by atoms with Crippen LogP contribution in [0.3, 0.4) is 0 Å². The quantitative estimate of drug-likeness (QED) is 0.0961. The molecule has 0 fully saturated rings. The van der Waals surface area contributed by atoms with E-state index in [2.05, 4.69) is 9.97 Å². The third-order valence-electron chi connectivity index (χ3n) is 8.03. The van der Waals surface area contributed by atoms with Gasteiger partial charge in [-0.1, -0.05) is 36.4 Å². The van der Waals surface area contributed by atoms with Crippen LogP contribution in [0, 0.1) is 24.0 Å². The van der Waals surface area contributed by atoms with Crippen LogP contribution in [-0.4, -0.2) is 20.0 Å². The van der Waals surface area contributed by atoms with E-state index in [1.54, 1.807) is 13.0 Å². The number of aromatic nitrogens is 2. The number of nitrogens with zero attached hydrogens (tertiary/aromatic N) is 3. The summed E-state index contributed by atoms with van der Waals surface area (Å²) in [5.41, 5.74) is 10.3. The molecule has 4 aromatic carbocycles. The zero-order chi connectivity index (χ0) is 34.1. The molecule has 4 heterocycles. The van der Waals surface area contributed by atoms with Gasteiger partial charge in [0.25, 0.3) is 5.69 Å². The number of non-ortho nitro benzene ring substituents is 1. The summed E-state index contributed by atoms with van der Waals surface area (Å²) in [6.45, 7) is 3.64. The summed E-state index contributed by atoms with van der Waals surface area (Å²) in [6.07, 6.45) is 0.834. The van der Waals surface area contributed by atoms with Gasteiger partial charge in [0.15, 0.2) is 6.10 Å². The summed E-state index contributed by atoms with van der Waals surface area (Å²) in [4.78, 5) is 19.4. The van der Waals surface area contributed by atoms with Crippen LogP contribution in [0.4, 0.5) is 11.4 Å². The number of nitrogen functional groups attached to an aromatic ring is 1. The first kappa shape index (κ1) is 31.2. The first-order valence-electron chi connectivity index (χ1n) is 15.4. The molecule has 1 unspecified atom stereocenters. The Morgan fingerprint density at radius 2 is 1.47 bits per heavy atom. The van der Waals surface area contributed by atoms with E-state index in [0.29, 0.717) is 40.4 Å². The Labute approximate surface area is 279 Å². The lowest BCUT2D eigenvalue weighted by Gasteiger charge is -2.05. The van der Waals surface area contributed by atoms with Crippen molar-refractivity contribution in [1.29, 1.82) is 0 Å². The van der Waals surface area contributed by atoms with E-state index in [1.165, 1.54) is 18.4 Å². The number of oxazole rings is 2. The molecule has 0 aliphatic carbocycles. The summed E-state index contributed by atoms with van der Waals surface area (Å²) in [5.74, 6) is 3.45. The molecule has 0 aliphatic rings. The highest BCUT2D eigenvalue weighted by Crippen LogP contribution is 2.35. The molecule has 11 heteroatoms. The number of aliphatic hydroxyl groups is 1. The van der Waals surface area contributed by atoms with Crippen LogP contribution in [0.5, 0.6) is 0 Å². The third kappa shape index (κ3) is 6.42. The van der Waals surface area contributed by atoms with Crippen molar-refractivity contribution in [2.45, 2.75) is 26.4 Å². The number of hydrogen-bond donors (Lipinski definition) is 2. The summed E-state index contributed by atoms with van der Waals surface area (Å²) in [6, 6.07) is 31.2. The maximum atomic E-state index is 10.9. The molecule has 0 radical (unpaired) electrons. The van der Waals surface area contributed by atoms with Gasteiger partial charge in [0, 0.05) is 45.1 Å². The molecule has 49 heavy (non-hydrogen) atoms. The predicted octanol–water partition coefficient (Wildman–Crippen LogP) is 8.96. The van der Waals surface area contributed by atoms with Gasteiger partial charge in [-0.05, 0) is 68.4 Å². The normalized spacial score (nSPS) is 11.8. The average Bonchev–Trinajstić information content (AvgIpc) is 3.90. The van der Waals surface area contributed by atoms with Gasteiger partial charge in [0.2, 0.25) is 11.8 Å². The molecule has 8 aromatic rings. The van der Waals surface area contributed by atoms with Gasteiger partial charge >= 0.3 is 0 Å². The Hall–Kier alpha value is -6.46. The van der Waals surface area contributed by atoms with E-state index in [-0.39, 0.29) is 11.4 Å². The predicted molar refractivity (Wildman–Crippen MR) is 184 cm³/mol. The fourth-order valence-electron chi connectivity index (χ4n) is 5.54. The zero-order valence-electron chi connectivity index (χ0n) is 26.5. The van der Waals surface area contributed by atoms with Crippen LogP contribution in [0.25, 0.3) is 44.7 Å². The van der Waals surface area contributed by atoms with Crippen LogP contribution in [0.2, 0.25) is 0 Å². The molecule has 3 N–H and O–H groups in total. The summed E-state index contributed by atoms with van der Waals surface area (Å²) < 4.78 is 22.8. The largest absolute Gasteiger partial charge is 0.465 e. The van der Waals surface area contributed by atoms with E-state index in [9.17, 15) is 15.2 Å². The lowest BCUT2D eigenvalue weighted by Crippen LogP contribution is -2.01. The fourth-order valence-corrected chi connectivity index (χ4v) is 5.54. The second kappa shape index (κ2) is 13.0. The molecule has 11 nitrogen and oxygen atoms in total. The van der Waals surface area contributed by atoms with E-state index in [4.69, 9.17) is 23.4 Å². The number of rotatable bonds is 7. The Balaban J connectivity index is 0.000000155. The van der Waals surface area contributed by atoms with E-state index >= 15 is 0 Å². The van der Waals surface area contributed by atoms with Crippen LogP contribution < -0.4 is 5.73 Å². The molecule has 0 saturated carbocycles. The van der Waals surface area contributed by atoms with Crippen molar-refractivity contribution < 1.29 is 27.7 Å². The number of fused-ring (bicyclic) bond motifs is 2. The number of aliphatic hydroxyl groups excluding tert-OH is 1. The summed E-state index contributed by atoms with van der Waals surface area (Å²) in [7, 11) is 0. The zero-order valence-corrected chi connectivity index (χ0v) is 26.5. The van der Waals surface area contributed by atoms with Crippen molar-refractivity contribution in [3.05, 3.63) is 154 Å². The Bertz CT molecular complexity index is 2410. The van der Waals surface area contributed by atoms with Crippen molar-refractivity contribution in [2.24, 2.45) is 0 Å². The molecule has 1 atom stereocenters. The highest BCUT2D eigenvalue weighted by Gasteiger charge is 2.25. The number of benzene rings is 4. The van der Waals surface area contributed by atoms with Crippen LogP contribution >= 0.6 is 0 Å². The first-order chi connectivity index (χ1) is 23.7. The van der Waals surface area contributed by atoms with Gasteiger partial charge in [0.1, 0.15) is 34.3 Å². The fraction of sp³-hybridized carbons (Fsp3) is 0.105. The molecule has 0 amide bonds. The highest BCUT2D eigenvalue weighted by molar-refractivity contribution is 5.86. The minimum Gasteiger partial charge on any atom is -0.465 e. The number of hydrogen-bond acceptors (Lipinski definition) is 10. The molecule has 8 rings (SSSR count). The molecule has 4 aromatic heterocycles. The van der Waals surface area contributed by atoms with Crippen molar-refractivity contribution in [3.8, 4) is 22.9 Å². The van der Waals surface area contributed by atoms with Gasteiger partial charge in [-0.3, -0.25) is 10.1 Å². The first-order valence-corrected chi connectivity index (χ1v) is 15.4. The molecule has 244 valence electrons. The number of nitrogens with two attached hydrogens (primary N) is 1. The molecule has 0 aliphatic heterocycles. The van der Waals surface area contributed by atoms with Crippen LogP contribution in [-0.2, 0) is 6.42 Å². The molecular weight excluding hydrogens is 624 g/mol. The Morgan fingerprint density at radius 3 is 2.16 bits per heavy atom. The number of aryl methyl sites for hydroxylation is 2. The number of nitro groups is 1. The minimum absolute atomic E-state index is 0.0386. The summed E-state index contributed by atoms with van der Waals surface area (Å²) >= 11 is 0. The lowest BCUT2D eigenvalue weighted by molar-refractivity contribution is -0.384. The number of furan rings is 2. The van der Waals surface area contributed by atoms with Crippen LogP contribution in [0.15, 0.2) is 127 Å². The topological polar surface area (TPSA) is 168 Å². The number of nitro benzene ring substituents is 1. The Kier molecular flexibility index (Phi) is 8.25. The van der Waals surface area contributed by atoms with E-state index in [1.807, 2.05) is 91.9 Å². The standard InChI is InChI=1S/C19H14N2O5.C19H16N2O2/c1-11-16(20-19(26-11)12-5-3-2-4-6-12)17(22)18-15-8-7-14(21(23)24)9-13(15)10-25-18;1-12-17(21-19(22-12)13-5-3-2-4-6-13)11-16-10-14-9-15(20)7-8-18(14)23-16/h2-10,17,22H,1H3;2-10H,11,20H2,1H3. The second-order valence-corrected chi connectivity index (χ2v) is 11.4. The van der Waals surface area contributed by atoms with Crippen molar-refractivity contribution in [2.75, 3.05) is 5.73 Å². The van der Waals surface area contributed by atoms with Crippen molar-refractivity contribution >= 4 is 33.1 Å². The maximum Gasteiger partial charge on any atom is 0.270 e. The lowest BCUT2D eigenvalue weighted by atomic mass is 10.1. The monoisotopic (exact) mass is 654 g/mol. The third-order valence-corrected chi connectivity index (χ3v) is 8.03. The highest BCUT2D eigenvalue weighted by atomic mass is 16.6. The SMILES string of the molecule is Cc1oc(-c2ccccc2)nc1C(O)c1occ2cc([N+](=O)[O-])ccc12.Cc1oc(-c2ccccc2)nc1Cc1cc2cc(N)ccc2o1. The van der Waals surface area contributed by atoms with E-state index in [0.717, 1.165) is 45.0 Å². The molecule has 0 saturated heterocycles. The average molecular weight is 655 g/mol. The van der Waals surface area contributed by atoms with Gasteiger partial charge in [-0.2, -0.15) is 0 Å². The smallest absolute Gasteiger partial charge is 0.270 e. The summed E-state index contributed by atoms with van der Waals surface area (Å²) in [5, 5.41) is 23.8. The van der Waals surface area contributed by atoms with Crippen molar-refractivity contribution in [1.82, 2.24) is 9.97 Å². The van der Waals surface area contributed by atoms with Gasteiger partial charge in [0.05, 0.1) is 23.3 Å². The second-order valence-electron chi connectivity index (χ2n) is 11.4. The van der Waals surface area contributed by atoms with Crippen molar-refractivity contribution in [3.63, 3.8) is 0 Å². The Morgan fingerprint density at radius 1 is 0.796 bits per heavy atom. The van der Waals surface area contributed by atoms with Gasteiger partial charge in [-0.25, -0.2) is 9.97 Å². The van der Waals surface area contributed by atoms with Gasteiger partial charge in [-0.15, -0.1) is 0 Å². The van der Waals surface area contributed by atoms with Crippen LogP contribution in [0.1, 0.15) is 40.5 Å². The molecule has 0 spiro atoms. The van der Waals surface area contributed by atoms with Gasteiger partial charge < -0.3 is 28.5 Å². The minimum atomic E-state index is -1.14. The van der Waals surface area contributed by atoms with E-state index < -0.39 is 11.0 Å². The molecule has 0 bridgehead atoms. The molecular formula is C38H30N4O7.